The highest BCUT2D eigenvalue weighted by molar-refractivity contribution is 7.20. The molecule has 0 atom stereocenters. The molecule has 13 rings (SSSR count). The quantitative estimate of drug-likeness (QED) is 0.0864. The number of fused-ring (bicyclic) bond motifs is 5. The summed E-state index contributed by atoms with van der Waals surface area (Å²) >= 11 is 51.4. The molecule has 19 nitrogen and oxygen atoms in total. The smallest absolute Gasteiger partial charge is 0.261 e. The van der Waals surface area contributed by atoms with Crippen molar-refractivity contribution in [2.45, 2.75) is 59.8 Å². The van der Waals surface area contributed by atoms with E-state index in [0.29, 0.717) is 153 Å². The molecule has 0 aliphatic carbocycles. The lowest BCUT2D eigenvalue weighted by atomic mass is 10.00. The Morgan fingerprint density at radius 2 is 0.859 bits per heavy atom. The van der Waals surface area contributed by atoms with Crippen LogP contribution in [0.5, 0.6) is 23.0 Å². The van der Waals surface area contributed by atoms with Crippen LogP contribution in [0.25, 0.3) is 55.2 Å². The van der Waals surface area contributed by atoms with E-state index in [-0.39, 0.29) is 29.7 Å². The Morgan fingerprint density at radius 1 is 0.482 bits per heavy atom. The van der Waals surface area contributed by atoms with Gasteiger partial charge in [0.2, 0.25) is 23.8 Å². The van der Waals surface area contributed by atoms with Gasteiger partial charge < -0.3 is 52.9 Å². The molecule has 0 bridgehead atoms. The lowest BCUT2D eigenvalue weighted by Crippen LogP contribution is -2.22. The first-order valence-corrected chi connectivity index (χ1v) is 30.0. The SMILES string of the molecule is CCCNC(=O)c1cc2c(-c3c(Cl)cc(Cl)c4c3CCO4)nc(N)nc2s1.Cc1cc(-c2c(Cl)cc(Cl)c3c2CCO3)nc(N)n1.Cc1cc(-c2c(Cl)cc(Cl)c3c2CCO3)nc(N)n1.Cc1nc(N)nc(-c2c(Cl)cc(Cl)c3c2CCO3)c1N. The number of hydrogen-bond acceptors (Lipinski definition) is 19. The first-order chi connectivity index (χ1) is 40.6. The van der Waals surface area contributed by atoms with Gasteiger partial charge in [-0.2, -0.15) is 0 Å². The van der Waals surface area contributed by atoms with E-state index in [4.69, 9.17) is 140 Å². The van der Waals surface area contributed by atoms with Crippen molar-refractivity contribution in [3.63, 3.8) is 0 Å². The van der Waals surface area contributed by atoms with Crippen molar-refractivity contribution in [1.82, 2.24) is 45.2 Å². The van der Waals surface area contributed by atoms with Gasteiger partial charge in [-0.05, 0) is 69.7 Å². The standard InChI is InChI=1S/C18H16Cl2N4O2S.C13H12Cl2N4O.2C13H11Cl2N3O/c1-2-4-22-16(25)12-6-9-14(23-18(21)24-17(9)27-12)13-8-3-5-26-15(8)11(20)7-10(13)19;1-5-10(16)11(19-13(17)18-5)9-6-2-3-20-12(6)8(15)4-7(9)14;2*1-6-4-10(18-13(16)17-6)11-7-2-3-19-12(7)9(15)5-8(11)14/h6-7H,2-5H2,1H3,(H,22,25)(H2,21,23,24);4H,2-3,16H2,1H3,(H2,17,18,19);2*4-5H,2-3H2,1H3,(H2,16,17,18). The Balaban J connectivity index is 0.000000128. The zero-order chi connectivity index (χ0) is 60.7. The van der Waals surface area contributed by atoms with Crippen LogP contribution in [0.1, 0.15) is 62.4 Å². The number of thiophene rings is 1. The molecule has 0 saturated heterocycles. The van der Waals surface area contributed by atoms with Crippen molar-refractivity contribution in [3.05, 3.63) is 127 Å². The number of nitrogen functional groups attached to an aromatic ring is 5. The molecular weight excluding hydrogens is 1280 g/mol. The number of nitrogens with two attached hydrogens (primary N) is 5. The van der Waals surface area contributed by atoms with Gasteiger partial charge in [-0.25, -0.2) is 39.9 Å². The van der Waals surface area contributed by atoms with E-state index in [1.54, 1.807) is 37.3 Å². The number of rotatable bonds is 7. The minimum Gasteiger partial charge on any atom is -0.491 e. The summed E-state index contributed by atoms with van der Waals surface area (Å²) in [6.07, 6.45) is 3.75. The van der Waals surface area contributed by atoms with E-state index >= 15 is 0 Å². The molecule has 0 unspecified atom stereocenters. The second-order valence-corrected chi connectivity index (χ2v) is 23.7. The summed E-state index contributed by atoms with van der Waals surface area (Å²) in [6.45, 7) is 10.4. The van der Waals surface area contributed by atoms with Crippen LogP contribution in [0.2, 0.25) is 40.2 Å². The van der Waals surface area contributed by atoms with Crippen LogP contribution in [0, 0.1) is 20.8 Å². The maximum Gasteiger partial charge on any atom is 0.261 e. The summed E-state index contributed by atoms with van der Waals surface area (Å²) in [5, 5.41) is 7.66. The van der Waals surface area contributed by atoms with E-state index in [1.807, 2.05) is 32.9 Å². The van der Waals surface area contributed by atoms with E-state index in [2.05, 4.69) is 45.2 Å². The minimum atomic E-state index is -0.139. The Kier molecular flexibility index (Phi) is 18.5. The van der Waals surface area contributed by atoms with Crippen LogP contribution in [0.4, 0.5) is 29.5 Å². The highest BCUT2D eigenvalue weighted by Gasteiger charge is 2.30. The van der Waals surface area contributed by atoms with Crippen LogP contribution in [-0.2, 0) is 25.7 Å². The number of nitrogens with one attached hydrogen (secondary N) is 1. The van der Waals surface area contributed by atoms with E-state index in [9.17, 15) is 4.79 Å². The van der Waals surface area contributed by atoms with Crippen molar-refractivity contribution in [2.24, 2.45) is 0 Å². The molecule has 4 aliphatic heterocycles. The average Bonchev–Trinajstić information content (AvgIpc) is 2.91. The number of anilines is 5. The first-order valence-electron chi connectivity index (χ1n) is 26.1. The molecule has 11 N–H and O–H groups in total. The fourth-order valence-corrected chi connectivity index (χ4v) is 13.6. The minimum absolute atomic E-state index is 0.124. The number of benzene rings is 4. The molecule has 440 valence electrons. The van der Waals surface area contributed by atoms with E-state index < -0.39 is 0 Å². The largest absolute Gasteiger partial charge is 0.491 e. The third-order valence-electron chi connectivity index (χ3n) is 13.6. The molecular formula is C57H50Cl8N14O5S. The predicted octanol–water partition coefficient (Wildman–Crippen LogP) is 13.7. The fraction of sp³-hybridized carbons (Fsp3) is 0.246. The molecule has 9 heterocycles. The second kappa shape index (κ2) is 25.6. The van der Waals surface area contributed by atoms with Crippen molar-refractivity contribution in [2.75, 3.05) is 61.6 Å². The second-order valence-electron chi connectivity index (χ2n) is 19.4. The molecule has 0 spiro atoms. The summed E-state index contributed by atoms with van der Waals surface area (Å²) in [4.78, 5) is 47.2. The summed E-state index contributed by atoms with van der Waals surface area (Å²) in [7, 11) is 0. The number of carbonyl (C=O) groups excluding carboxylic acids is 1. The predicted molar refractivity (Wildman–Crippen MR) is 341 cm³/mol. The Bertz CT molecular complexity index is 4020. The van der Waals surface area contributed by atoms with Gasteiger partial charge in [-0.3, -0.25) is 4.79 Å². The Morgan fingerprint density at radius 3 is 1.28 bits per heavy atom. The maximum atomic E-state index is 12.4. The number of amides is 1. The van der Waals surface area contributed by atoms with Crippen molar-refractivity contribution in [3.8, 4) is 68.0 Å². The number of aromatic nitrogens is 8. The molecule has 85 heavy (non-hydrogen) atoms. The van der Waals surface area contributed by atoms with Crippen LogP contribution >= 0.6 is 104 Å². The van der Waals surface area contributed by atoms with Gasteiger partial charge in [0, 0.05) is 93.5 Å². The number of carbonyl (C=O) groups is 1. The van der Waals surface area contributed by atoms with Gasteiger partial charge >= 0.3 is 0 Å². The molecule has 4 aromatic carbocycles. The zero-order valence-electron chi connectivity index (χ0n) is 45.6. The van der Waals surface area contributed by atoms with Gasteiger partial charge in [0.25, 0.3) is 5.91 Å². The number of hydrogen-bond donors (Lipinski definition) is 6. The number of aryl methyl sites for hydroxylation is 3. The number of nitrogens with zero attached hydrogens (tertiary/aromatic N) is 8. The number of ether oxygens (including phenoxy) is 4. The molecule has 9 aromatic rings. The summed E-state index contributed by atoms with van der Waals surface area (Å²) in [6, 6.07) is 12.1. The van der Waals surface area contributed by atoms with E-state index in [1.165, 1.54) is 11.3 Å². The first kappa shape index (κ1) is 61.2. The average molecular weight is 1330 g/mol. The van der Waals surface area contributed by atoms with Gasteiger partial charge in [0.15, 0.2) is 0 Å². The maximum absolute atomic E-state index is 12.4. The van der Waals surface area contributed by atoms with Gasteiger partial charge in [-0.15, -0.1) is 11.3 Å². The Labute approximate surface area is 531 Å². The lowest BCUT2D eigenvalue weighted by Gasteiger charge is -2.14. The monoisotopic (exact) mass is 1320 g/mol. The molecule has 28 heteroatoms. The summed E-state index contributed by atoms with van der Waals surface area (Å²) < 4.78 is 22.3. The normalized spacial score (nSPS) is 13.1. The van der Waals surface area contributed by atoms with Crippen LogP contribution < -0.4 is 52.9 Å². The number of halogens is 8. The molecule has 1 amide bonds. The fourth-order valence-electron chi connectivity index (χ4n) is 10.1. The summed E-state index contributed by atoms with van der Waals surface area (Å²) in [5.74, 6) is 3.25. The van der Waals surface area contributed by atoms with Gasteiger partial charge in [0.05, 0.1) is 99.9 Å². The highest BCUT2D eigenvalue weighted by Crippen LogP contribution is 2.49. The Hall–Kier alpha value is -6.85. The molecule has 5 aromatic heterocycles. The van der Waals surface area contributed by atoms with Crippen molar-refractivity contribution >= 4 is 150 Å². The van der Waals surface area contributed by atoms with Crippen LogP contribution in [0.15, 0.2) is 42.5 Å². The lowest BCUT2D eigenvalue weighted by molar-refractivity contribution is 0.0957. The van der Waals surface area contributed by atoms with Crippen LogP contribution in [-0.4, -0.2) is 78.8 Å². The van der Waals surface area contributed by atoms with Gasteiger partial charge in [-0.1, -0.05) is 99.7 Å². The van der Waals surface area contributed by atoms with Crippen LogP contribution in [0.3, 0.4) is 0 Å². The van der Waals surface area contributed by atoms with Crippen molar-refractivity contribution in [1.29, 1.82) is 0 Å². The third kappa shape index (κ3) is 12.7. The third-order valence-corrected chi connectivity index (χ3v) is 16.9. The van der Waals surface area contributed by atoms with E-state index in [0.717, 1.165) is 80.5 Å². The molecule has 4 aliphatic rings. The molecule has 0 saturated carbocycles. The zero-order valence-corrected chi connectivity index (χ0v) is 52.4. The van der Waals surface area contributed by atoms with Crippen molar-refractivity contribution < 1.29 is 23.7 Å². The highest BCUT2D eigenvalue weighted by atomic mass is 35.5. The topological polar surface area (TPSA) is 299 Å². The molecule has 0 radical (unpaired) electrons. The molecule has 0 fully saturated rings. The summed E-state index contributed by atoms with van der Waals surface area (Å²) in [5.41, 5.74) is 41.2. The van der Waals surface area contributed by atoms with Gasteiger partial charge in [0.1, 0.15) is 33.5 Å².